The lowest BCUT2D eigenvalue weighted by atomic mass is 10.4. The number of carbonyl (C=O) groups is 1. The van der Waals surface area contributed by atoms with Crippen LogP contribution in [-0.4, -0.2) is 34.1 Å². The minimum Gasteiger partial charge on any atom is -0.329 e. The molecule has 1 aromatic heterocycles. The third-order valence-corrected chi connectivity index (χ3v) is 1.44. The Bertz CT molecular complexity index is 298. The van der Waals surface area contributed by atoms with Gasteiger partial charge in [-0.05, 0) is 6.92 Å². The summed E-state index contributed by atoms with van der Waals surface area (Å²) in [4.78, 5) is 16.0. The highest BCUT2D eigenvalue weighted by Gasteiger charge is 2.09. The van der Waals surface area contributed by atoms with Crippen LogP contribution in [0.1, 0.15) is 17.4 Å². The molecule has 7 nitrogen and oxygen atoms in total. The van der Waals surface area contributed by atoms with Crippen molar-refractivity contribution in [3.63, 3.8) is 0 Å². The molecular formula is C7H13N5O2. The Labute approximate surface area is 81.2 Å². The number of nitrogens with zero attached hydrogens (tertiary/aromatic N) is 3. The van der Waals surface area contributed by atoms with E-state index in [9.17, 15) is 4.79 Å². The van der Waals surface area contributed by atoms with Gasteiger partial charge in [0.2, 0.25) is 0 Å². The average Bonchev–Trinajstić information content (AvgIpc) is 2.63. The summed E-state index contributed by atoms with van der Waals surface area (Å²) in [6.07, 6.45) is 1.52. The third-order valence-electron chi connectivity index (χ3n) is 1.44. The number of amides is 1. The van der Waals surface area contributed by atoms with Crippen LogP contribution in [0.25, 0.3) is 0 Å². The molecule has 0 aliphatic carbocycles. The number of aromatic nitrogens is 3. The van der Waals surface area contributed by atoms with Gasteiger partial charge in [-0.2, -0.15) is 0 Å². The van der Waals surface area contributed by atoms with Crippen molar-refractivity contribution in [2.45, 2.75) is 13.5 Å². The fourth-order valence-electron chi connectivity index (χ4n) is 0.834. The van der Waals surface area contributed by atoms with Crippen molar-refractivity contribution in [3.05, 3.63) is 11.9 Å². The van der Waals surface area contributed by atoms with Crippen LogP contribution in [0.15, 0.2) is 6.20 Å². The van der Waals surface area contributed by atoms with Crippen molar-refractivity contribution in [3.8, 4) is 0 Å². The van der Waals surface area contributed by atoms with E-state index in [1.807, 2.05) is 0 Å². The lowest BCUT2D eigenvalue weighted by molar-refractivity contribution is 0.0360. The summed E-state index contributed by atoms with van der Waals surface area (Å²) in [6.45, 7) is 3.17. The molecule has 1 rings (SSSR count). The van der Waals surface area contributed by atoms with Gasteiger partial charge in [0, 0.05) is 6.54 Å². The van der Waals surface area contributed by atoms with Gasteiger partial charge in [0.15, 0.2) is 5.69 Å². The minimum absolute atomic E-state index is 0.215. The zero-order valence-electron chi connectivity index (χ0n) is 7.93. The second kappa shape index (κ2) is 5.30. The monoisotopic (exact) mass is 199 g/mol. The van der Waals surface area contributed by atoms with E-state index in [0.29, 0.717) is 19.7 Å². The van der Waals surface area contributed by atoms with E-state index in [1.165, 1.54) is 10.9 Å². The Morgan fingerprint density at radius 2 is 2.57 bits per heavy atom. The molecule has 1 aromatic rings. The first-order valence-electron chi connectivity index (χ1n) is 4.30. The molecule has 78 valence electrons. The Kier molecular flexibility index (Phi) is 4.02. The highest BCUT2D eigenvalue weighted by Crippen LogP contribution is 1.92. The van der Waals surface area contributed by atoms with Crippen LogP contribution in [0, 0.1) is 0 Å². The van der Waals surface area contributed by atoms with Gasteiger partial charge in [-0.1, -0.05) is 5.21 Å². The molecule has 0 atom stereocenters. The molecule has 0 aromatic carbocycles. The zero-order valence-corrected chi connectivity index (χ0v) is 7.93. The second-order valence-electron chi connectivity index (χ2n) is 2.52. The van der Waals surface area contributed by atoms with E-state index in [0.717, 1.165) is 0 Å². The fraction of sp³-hybridized carbons (Fsp3) is 0.571. The summed E-state index contributed by atoms with van der Waals surface area (Å²) in [5.41, 5.74) is 7.75. The average molecular weight is 199 g/mol. The molecule has 0 bridgehead atoms. The predicted molar refractivity (Wildman–Crippen MR) is 48.2 cm³/mol. The van der Waals surface area contributed by atoms with Crippen molar-refractivity contribution >= 4 is 5.91 Å². The van der Waals surface area contributed by atoms with Crippen LogP contribution in [0.3, 0.4) is 0 Å². The van der Waals surface area contributed by atoms with Crippen molar-refractivity contribution < 1.29 is 9.63 Å². The first kappa shape index (κ1) is 10.6. The Balaban J connectivity index is 2.53. The van der Waals surface area contributed by atoms with Crippen molar-refractivity contribution in [1.29, 1.82) is 0 Å². The van der Waals surface area contributed by atoms with Crippen LogP contribution in [-0.2, 0) is 11.4 Å². The summed E-state index contributed by atoms with van der Waals surface area (Å²) in [5.74, 6) is -0.407. The summed E-state index contributed by atoms with van der Waals surface area (Å²) in [7, 11) is 0. The van der Waals surface area contributed by atoms with Crippen molar-refractivity contribution in [2.24, 2.45) is 5.73 Å². The molecule has 0 aliphatic rings. The number of hydrogen-bond acceptors (Lipinski definition) is 5. The molecule has 7 heteroatoms. The normalized spacial score (nSPS) is 10.1. The number of hydroxylamine groups is 1. The van der Waals surface area contributed by atoms with E-state index in [4.69, 9.17) is 10.6 Å². The molecule has 1 heterocycles. The molecule has 0 fully saturated rings. The lowest BCUT2D eigenvalue weighted by Crippen LogP contribution is -2.23. The minimum atomic E-state index is -0.407. The van der Waals surface area contributed by atoms with Crippen LogP contribution in [0.2, 0.25) is 0 Å². The topological polar surface area (TPSA) is 95.1 Å². The van der Waals surface area contributed by atoms with Crippen LogP contribution in [0.4, 0.5) is 0 Å². The fourth-order valence-corrected chi connectivity index (χ4v) is 0.834. The molecule has 3 N–H and O–H groups in total. The Morgan fingerprint density at radius 3 is 3.21 bits per heavy atom. The highest BCUT2D eigenvalue weighted by molar-refractivity contribution is 5.90. The maximum absolute atomic E-state index is 11.2. The molecular weight excluding hydrogens is 186 g/mol. The van der Waals surface area contributed by atoms with Gasteiger partial charge >= 0.3 is 0 Å². The van der Waals surface area contributed by atoms with Gasteiger partial charge in [0.1, 0.15) is 0 Å². The molecule has 0 saturated heterocycles. The highest BCUT2D eigenvalue weighted by atomic mass is 16.6. The van der Waals surface area contributed by atoms with Gasteiger partial charge < -0.3 is 5.73 Å². The molecule has 0 aliphatic heterocycles. The molecule has 14 heavy (non-hydrogen) atoms. The SMILES string of the molecule is CCONC(=O)c1cn(CCN)nn1. The van der Waals surface area contributed by atoms with Crippen molar-refractivity contribution in [2.75, 3.05) is 13.2 Å². The van der Waals surface area contributed by atoms with Crippen LogP contribution in [0.5, 0.6) is 0 Å². The number of nitrogens with one attached hydrogen (secondary N) is 1. The number of hydrogen-bond donors (Lipinski definition) is 2. The number of carbonyl (C=O) groups excluding carboxylic acids is 1. The molecule has 0 spiro atoms. The van der Waals surface area contributed by atoms with Gasteiger partial charge in [-0.3, -0.25) is 14.3 Å². The quantitative estimate of drug-likeness (QED) is 0.588. The summed E-state index contributed by atoms with van der Waals surface area (Å²) in [6, 6.07) is 0. The Hall–Kier alpha value is -1.47. The number of rotatable bonds is 5. The maximum atomic E-state index is 11.2. The molecule has 1 amide bonds. The van der Waals surface area contributed by atoms with Crippen LogP contribution >= 0.6 is 0 Å². The van der Waals surface area contributed by atoms with Gasteiger partial charge in [-0.25, -0.2) is 5.48 Å². The van der Waals surface area contributed by atoms with E-state index in [-0.39, 0.29) is 5.69 Å². The zero-order chi connectivity index (χ0) is 10.4. The molecule has 0 unspecified atom stereocenters. The van der Waals surface area contributed by atoms with E-state index in [2.05, 4.69) is 15.8 Å². The smallest absolute Gasteiger partial charge is 0.296 e. The summed E-state index contributed by atoms with van der Waals surface area (Å²) in [5, 5.41) is 7.36. The predicted octanol–water partition coefficient (Wildman–Crippen LogP) is -1.08. The Morgan fingerprint density at radius 1 is 1.79 bits per heavy atom. The second-order valence-corrected chi connectivity index (χ2v) is 2.52. The lowest BCUT2D eigenvalue weighted by Gasteiger charge is -1.98. The summed E-state index contributed by atoms with van der Waals surface area (Å²) >= 11 is 0. The van der Waals surface area contributed by atoms with Crippen molar-refractivity contribution in [1.82, 2.24) is 20.5 Å². The van der Waals surface area contributed by atoms with E-state index in [1.54, 1.807) is 6.92 Å². The standard InChI is InChI=1S/C7H13N5O2/c1-2-14-10-7(13)6-5-12(4-3-8)11-9-6/h5H,2-4,8H2,1H3,(H,10,13). The van der Waals surface area contributed by atoms with Gasteiger partial charge in [0.25, 0.3) is 5.91 Å². The molecule has 0 saturated carbocycles. The number of nitrogens with two attached hydrogens (primary N) is 1. The largest absolute Gasteiger partial charge is 0.329 e. The maximum Gasteiger partial charge on any atom is 0.296 e. The molecule has 0 radical (unpaired) electrons. The van der Waals surface area contributed by atoms with Gasteiger partial charge in [0.05, 0.1) is 19.3 Å². The van der Waals surface area contributed by atoms with E-state index < -0.39 is 5.91 Å². The van der Waals surface area contributed by atoms with Crippen LogP contribution < -0.4 is 11.2 Å². The first-order valence-corrected chi connectivity index (χ1v) is 4.30. The van der Waals surface area contributed by atoms with Gasteiger partial charge in [-0.15, -0.1) is 5.10 Å². The summed E-state index contributed by atoms with van der Waals surface area (Å²) < 4.78 is 1.50. The van der Waals surface area contributed by atoms with E-state index >= 15 is 0 Å². The third kappa shape index (κ3) is 2.79. The first-order chi connectivity index (χ1) is 6.77.